The number of aliphatic hydroxyl groups is 1. The minimum atomic E-state index is 0. The van der Waals surface area contributed by atoms with Crippen LogP contribution in [0.4, 0.5) is 0 Å². The van der Waals surface area contributed by atoms with E-state index in [1.54, 1.807) is 0 Å². The molecule has 0 atom stereocenters. The smallest absolute Gasteiger partial charge is 1.00 e. The molecule has 0 aromatic carbocycles. The van der Waals surface area contributed by atoms with Crippen LogP contribution in [0, 0.1) is 0 Å². The molecule has 0 aliphatic rings. The van der Waals surface area contributed by atoms with Crippen molar-refractivity contribution in [2.45, 2.75) is 0 Å². The molecule has 0 aromatic rings. The van der Waals surface area contributed by atoms with Gasteiger partial charge in [0.15, 0.2) is 0 Å². The zero-order valence-electron chi connectivity index (χ0n) is 3.95. The first-order valence-electron chi connectivity index (χ1n) is 0.447. The summed E-state index contributed by atoms with van der Waals surface area (Å²) in [7, 11) is 1.00. The van der Waals surface area contributed by atoms with Gasteiger partial charge in [0.2, 0.25) is 0 Å². The summed E-state index contributed by atoms with van der Waals surface area (Å²) in [6, 6.07) is 0. The average Bonchev–Trinajstić information content (AvgIpc) is 1.00. The van der Waals surface area contributed by atoms with Gasteiger partial charge in [-0.1, -0.05) is 0 Å². The van der Waals surface area contributed by atoms with Gasteiger partial charge in [-0.2, -0.15) is 0 Å². The molecule has 0 aromatic heterocycles. The van der Waals surface area contributed by atoms with E-state index < -0.39 is 0 Å². The Morgan fingerprint density at radius 2 is 1.50 bits per heavy atom. The van der Waals surface area contributed by atoms with Gasteiger partial charge in [-0.15, -0.1) is 0 Å². The summed E-state index contributed by atoms with van der Waals surface area (Å²) in [5, 5.41) is 7.00. The summed E-state index contributed by atoms with van der Waals surface area (Å²) in [4.78, 5) is 0. The van der Waals surface area contributed by atoms with Crippen LogP contribution in [-0.4, -0.2) is 17.7 Å². The second-order valence-electron chi connectivity index (χ2n) is 0. The van der Waals surface area contributed by atoms with Crippen molar-refractivity contribution in [3.8, 4) is 0 Å². The molecule has 0 rings (SSSR count). The van der Waals surface area contributed by atoms with Gasteiger partial charge in [0, 0.05) is 7.11 Å². The van der Waals surface area contributed by atoms with Crippen molar-refractivity contribution >= 4 is 0 Å². The van der Waals surface area contributed by atoms with Gasteiger partial charge in [0.05, 0.1) is 0 Å². The summed E-state index contributed by atoms with van der Waals surface area (Å²) >= 11 is 0. The second kappa shape index (κ2) is 83.3. The van der Waals surface area contributed by atoms with Crippen molar-refractivity contribution < 1.29 is 30.9 Å². The Balaban J connectivity index is -0.00000000167. The van der Waals surface area contributed by atoms with E-state index in [0.29, 0.717) is 0 Å². The van der Waals surface area contributed by atoms with Crippen molar-refractivity contribution in [2.24, 2.45) is 0 Å². The Morgan fingerprint density at radius 3 is 1.50 bits per heavy atom. The maximum atomic E-state index is 7.00. The third kappa shape index (κ3) is 21.7. The van der Waals surface area contributed by atoms with Gasteiger partial charge < -0.3 is 12.0 Å². The molecule has 0 saturated carbocycles. The van der Waals surface area contributed by atoms with Crippen LogP contribution in [0.2, 0.25) is 0 Å². The molecule has 0 unspecified atom stereocenters. The van der Waals surface area contributed by atoms with E-state index in [9.17, 15) is 0 Å². The molecule has 0 saturated heterocycles. The molecule has 24 valence electrons. The van der Waals surface area contributed by atoms with Crippen molar-refractivity contribution in [3.05, 3.63) is 0 Å². The van der Waals surface area contributed by atoms with Crippen LogP contribution >= 0.6 is 0 Å². The molecule has 3 N–H and O–H groups in total. The van der Waals surface area contributed by atoms with Crippen LogP contribution in [0.25, 0.3) is 0 Å². The first-order valence-corrected chi connectivity index (χ1v) is 0.447. The van der Waals surface area contributed by atoms with Gasteiger partial charge in [0.25, 0.3) is 0 Å². The molecule has 0 bridgehead atoms. The van der Waals surface area contributed by atoms with Crippen molar-refractivity contribution in [1.29, 1.82) is 0 Å². The molecule has 0 spiro atoms. The van der Waals surface area contributed by atoms with Gasteiger partial charge in [-0.25, -0.2) is 0 Å². The minimum absolute atomic E-state index is 0. The van der Waals surface area contributed by atoms with Crippen molar-refractivity contribution in [3.63, 3.8) is 0 Å². The normalized spacial score (nSPS) is 1.50. The van der Waals surface area contributed by atoms with Crippen LogP contribution in [0.3, 0.4) is 0 Å². The van der Waals surface area contributed by atoms with Crippen LogP contribution in [-0.2, 0) is 0 Å². The number of hydrogen-bond acceptors (Lipinski definition) is 1. The molecule has 0 amide bonds. The predicted molar refractivity (Wildman–Crippen MR) is 12.9 cm³/mol. The predicted octanol–water partition coefficient (Wildman–Crippen LogP) is -4.10. The SMILES string of the molecule is CO.O.[H-].[Li+]. The van der Waals surface area contributed by atoms with E-state index in [1.165, 1.54) is 0 Å². The van der Waals surface area contributed by atoms with Crippen molar-refractivity contribution in [2.75, 3.05) is 7.11 Å². The first-order chi connectivity index (χ1) is 1.00. The summed E-state index contributed by atoms with van der Waals surface area (Å²) < 4.78 is 0. The number of rotatable bonds is 0. The fraction of sp³-hybridized carbons (Fsp3) is 1.00. The van der Waals surface area contributed by atoms with E-state index in [1.807, 2.05) is 0 Å². The molecule has 4 heavy (non-hydrogen) atoms. The first kappa shape index (κ1) is 24.3. The van der Waals surface area contributed by atoms with E-state index in [-0.39, 0.29) is 25.8 Å². The zero-order chi connectivity index (χ0) is 2.00. The van der Waals surface area contributed by atoms with Crippen LogP contribution in [0.5, 0.6) is 0 Å². The van der Waals surface area contributed by atoms with Crippen molar-refractivity contribution in [1.82, 2.24) is 0 Å². The molecular formula is CH7LiO2. The second-order valence-corrected chi connectivity index (χ2v) is 0. The fourth-order valence-corrected chi connectivity index (χ4v) is 0. The Labute approximate surface area is 38.8 Å². The van der Waals surface area contributed by atoms with E-state index in [0.717, 1.165) is 7.11 Å². The summed E-state index contributed by atoms with van der Waals surface area (Å²) in [5.41, 5.74) is 0. The van der Waals surface area contributed by atoms with E-state index in [2.05, 4.69) is 0 Å². The molecular weight excluding hydrogens is 51.0 g/mol. The van der Waals surface area contributed by atoms with E-state index in [4.69, 9.17) is 5.11 Å². The quantitative estimate of drug-likeness (QED) is 0.283. The Kier molecular flexibility index (Phi) is 505. The third-order valence-corrected chi connectivity index (χ3v) is 0. The Morgan fingerprint density at radius 1 is 1.50 bits per heavy atom. The van der Waals surface area contributed by atoms with Gasteiger partial charge >= 0.3 is 18.9 Å². The molecule has 0 radical (unpaired) electrons. The van der Waals surface area contributed by atoms with Crippen LogP contribution in [0.15, 0.2) is 0 Å². The topological polar surface area (TPSA) is 51.7 Å². The molecule has 0 aliphatic heterocycles. The minimum Gasteiger partial charge on any atom is -1.00 e. The Bertz CT molecular complexity index is 9.61. The van der Waals surface area contributed by atoms with Gasteiger partial charge in [-0.3, -0.25) is 0 Å². The number of hydrogen-bond donors (Lipinski definition) is 1. The standard InChI is InChI=1S/CH4O.Li.H2O.H/c1-2;;;/h2H,1H3;;1H2;/q;+1;;-1. The molecule has 3 heteroatoms. The summed E-state index contributed by atoms with van der Waals surface area (Å²) in [6.45, 7) is 0. The van der Waals surface area contributed by atoms with Gasteiger partial charge in [0.1, 0.15) is 0 Å². The van der Waals surface area contributed by atoms with Crippen LogP contribution in [0.1, 0.15) is 1.43 Å². The largest absolute Gasteiger partial charge is 1.00 e. The fourth-order valence-electron chi connectivity index (χ4n) is 0. The van der Waals surface area contributed by atoms with Crippen LogP contribution < -0.4 is 18.9 Å². The monoisotopic (exact) mass is 58.1 g/mol. The third-order valence-electron chi connectivity index (χ3n) is 0. The molecule has 0 aliphatic carbocycles. The zero-order valence-corrected chi connectivity index (χ0v) is 2.95. The summed E-state index contributed by atoms with van der Waals surface area (Å²) in [6.07, 6.45) is 0. The summed E-state index contributed by atoms with van der Waals surface area (Å²) in [5.74, 6) is 0. The average molecular weight is 58.0 g/mol. The van der Waals surface area contributed by atoms with Gasteiger partial charge in [-0.05, 0) is 0 Å². The Hall–Kier alpha value is 0.517. The molecule has 2 nitrogen and oxygen atoms in total. The molecule has 0 fully saturated rings. The maximum Gasteiger partial charge on any atom is 1.00 e. The number of aliphatic hydroxyl groups excluding tert-OH is 1. The molecule has 0 heterocycles. The maximum absolute atomic E-state index is 7.00. The van der Waals surface area contributed by atoms with E-state index >= 15 is 0 Å².